The van der Waals surface area contributed by atoms with E-state index in [1.165, 1.54) is 0 Å². The minimum absolute atomic E-state index is 0.0276. The van der Waals surface area contributed by atoms with E-state index in [4.69, 9.17) is 0 Å². The van der Waals surface area contributed by atoms with Crippen LogP contribution in [-0.4, -0.2) is 53.7 Å². The lowest BCUT2D eigenvalue weighted by atomic mass is 9.85. The number of hydrogen-bond donors (Lipinski definition) is 1. The number of piperazine rings is 1. The molecule has 1 N–H and O–H groups in total. The summed E-state index contributed by atoms with van der Waals surface area (Å²) in [5.41, 5.74) is 0.781. The Labute approximate surface area is 160 Å². The number of hydrogen-bond acceptors (Lipinski definition) is 3. The molecule has 1 aromatic rings. The molecule has 1 saturated heterocycles. The lowest BCUT2D eigenvalue weighted by Crippen LogP contribution is -2.53. The van der Waals surface area contributed by atoms with Crippen LogP contribution in [0, 0.1) is 5.41 Å². The van der Waals surface area contributed by atoms with Gasteiger partial charge >= 0.3 is 0 Å². The van der Waals surface area contributed by atoms with Crippen LogP contribution in [0.3, 0.4) is 0 Å². The number of amides is 3. The monoisotopic (exact) mass is 371 g/mol. The van der Waals surface area contributed by atoms with Gasteiger partial charge in [0.25, 0.3) is 0 Å². The van der Waals surface area contributed by atoms with E-state index >= 15 is 0 Å². The van der Waals surface area contributed by atoms with Gasteiger partial charge in [-0.05, 0) is 29.9 Å². The molecule has 1 aliphatic carbocycles. The lowest BCUT2D eigenvalue weighted by Gasteiger charge is -2.36. The van der Waals surface area contributed by atoms with Crippen LogP contribution in [0.25, 0.3) is 0 Å². The highest BCUT2D eigenvalue weighted by Crippen LogP contribution is 2.48. The first-order valence-electron chi connectivity index (χ1n) is 9.61. The predicted molar refractivity (Wildman–Crippen MR) is 104 cm³/mol. The second-order valence-corrected chi connectivity index (χ2v) is 8.63. The van der Waals surface area contributed by atoms with Gasteiger partial charge in [-0.25, -0.2) is 0 Å². The number of carbonyl (C=O) groups excluding carboxylic acids is 3. The van der Waals surface area contributed by atoms with E-state index in [0.717, 1.165) is 11.3 Å². The average Bonchev–Trinajstić information content (AvgIpc) is 3.42. The Morgan fingerprint density at radius 1 is 0.963 bits per heavy atom. The van der Waals surface area contributed by atoms with E-state index in [9.17, 15) is 14.4 Å². The molecule has 0 unspecified atom stereocenters. The SMILES string of the molecule is CC(=O)N1CCN(C(=O)C2(C(=O)Nc3ccccc3C(C)(C)C)CC2)CC1. The van der Waals surface area contributed by atoms with Gasteiger partial charge < -0.3 is 15.1 Å². The molecule has 6 nitrogen and oxygen atoms in total. The van der Waals surface area contributed by atoms with Gasteiger partial charge in [-0.3, -0.25) is 14.4 Å². The van der Waals surface area contributed by atoms with Crippen LogP contribution in [0.15, 0.2) is 24.3 Å². The molecule has 1 saturated carbocycles. The third kappa shape index (κ3) is 3.84. The summed E-state index contributed by atoms with van der Waals surface area (Å²) in [5.74, 6) is -0.283. The maximum atomic E-state index is 13.0. The second kappa shape index (κ2) is 6.98. The molecule has 3 amide bonds. The van der Waals surface area contributed by atoms with Gasteiger partial charge in [0.1, 0.15) is 5.41 Å². The smallest absolute Gasteiger partial charge is 0.240 e. The number of rotatable bonds is 3. The Morgan fingerprint density at radius 2 is 1.52 bits per heavy atom. The largest absolute Gasteiger partial charge is 0.339 e. The fourth-order valence-electron chi connectivity index (χ4n) is 3.68. The van der Waals surface area contributed by atoms with E-state index in [1.54, 1.807) is 16.7 Å². The van der Waals surface area contributed by atoms with Crippen molar-refractivity contribution in [2.24, 2.45) is 5.41 Å². The van der Waals surface area contributed by atoms with Crippen molar-refractivity contribution in [2.45, 2.75) is 46.0 Å². The summed E-state index contributed by atoms with van der Waals surface area (Å²) in [4.78, 5) is 41.0. The summed E-state index contributed by atoms with van der Waals surface area (Å²) >= 11 is 0. The van der Waals surface area contributed by atoms with Gasteiger partial charge in [-0.15, -0.1) is 0 Å². The summed E-state index contributed by atoms with van der Waals surface area (Å²) in [6.07, 6.45) is 1.17. The van der Waals surface area contributed by atoms with Crippen molar-refractivity contribution in [3.8, 4) is 0 Å². The molecule has 0 spiro atoms. The summed E-state index contributed by atoms with van der Waals surface area (Å²) < 4.78 is 0. The van der Waals surface area contributed by atoms with E-state index in [-0.39, 0.29) is 23.1 Å². The molecule has 1 heterocycles. The number of carbonyl (C=O) groups is 3. The molecule has 0 aromatic heterocycles. The summed E-state index contributed by atoms with van der Waals surface area (Å²) in [7, 11) is 0. The van der Waals surface area contributed by atoms with E-state index in [0.29, 0.717) is 39.0 Å². The fraction of sp³-hybridized carbons (Fsp3) is 0.571. The Balaban J connectivity index is 1.71. The zero-order valence-corrected chi connectivity index (χ0v) is 16.7. The molecule has 2 aliphatic rings. The minimum Gasteiger partial charge on any atom is -0.339 e. The number of anilines is 1. The Kier molecular flexibility index (Phi) is 5.02. The van der Waals surface area contributed by atoms with Crippen molar-refractivity contribution in [3.63, 3.8) is 0 Å². The van der Waals surface area contributed by atoms with E-state index < -0.39 is 5.41 Å². The normalized spacial score (nSPS) is 18.8. The molecule has 2 fully saturated rings. The van der Waals surface area contributed by atoms with Crippen LogP contribution >= 0.6 is 0 Å². The molecule has 1 aromatic carbocycles. The maximum Gasteiger partial charge on any atom is 0.240 e. The Bertz CT molecular complexity index is 754. The van der Waals surface area contributed by atoms with Crippen molar-refractivity contribution >= 4 is 23.4 Å². The molecule has 6 heteroatoms. The van der Waals surface area contributed by atoms with Crippen LogP contribution in [0.5, 0.6) is 0 Å². The van der Waals surface area contributed by atoms with Gasteiger partial charge in [0.05, 0.1) is 0 Å². The van der Waals surface area contributed by atoms with Crippen molar-refractivity contribution in [3.05, 3.63) is 29.8 Å². The van der Waals surface area contributed by atoms with Gasteiger partial charge in [-0.2, -0.15) is 0 Å². The predicted octanol–water partition coefficient (Wildman–Crippen LogP) is 2.39. The molecule has 1 aliphatic heterocycles. The first-order valence-corrected chi connectivity index (χ1v) is 9.61. The Hall–Kier alpha value is -2.37. The first-order chi connectivity index (χ1) is 12.6. The molecule has 27 heavy (non-hydrogen) atoms. The van der Waals surface area contributed by atoms with Crippen LogP contribution in [0.4, 0.5) is 5.69 Å². The molecule has 146 valence electrons. The molecular formula is C21H29N3O3. The maximum absolute atomic E-state index is 13.0. The van der Waals surface area contributed by atoms with Crippen LogP contribution in [-0.2, 0) is 19.8 Å². The van der Waals surface area contributed by atoms with Gasteiger partial charge in [0.2, 0.25) is 17.7 Å². The third-order valence-corrected chi connectivity index (χ3v) is 5.59. The minimum atomic E-state index is -0.941. The topological polar surface area (TPSA) is 69.7 Å². The van der Waals surface area contributed by atoms with Crippen LogP contribution in [0.1, 0.15) is 46.1 Å². The fourth-order valence-corrected chi connectivity index (χ4v) is 3.68. The number of benzene rings is 1. The zero-order chi connectivity index (χ0) is 19.8. The first kappa shape index (κ1) is 19.4. The van der Waals surface area contributed by atoms with E-state index in [2.05, 4.69) is 26.1 Å². The lowest BCUT2D eigenvalue weighted by molar-refractivity contribution is -0.146. The third-order valence-electron chi connectivity index (χ3n) is 5.59. The molecule has 0 radical (unpaired) electrons. The number of para-hydroxylation sites is 1. The Morgan fingerprint density at radius 3 is 2.04 bits per heavy atom. The molecule has 0 atom stereocenters. The standard InChI is InChI=1S/C21H29N3O3/c1-15(25)23-11-13-24(14-12-23)19(27)21(9-10-21)18(26)22-17-8-6-5-7-16(17)20(2,3)4/h5-8H,9-14H2,1-4H3,(H,22,26). The molecule has 0 bridgehead atoms. The molecule has 3 rings (SSSR count). The van der Waals surface area contributed by atoms with E-state index in [1.807, 2.05) is 24.3 Å². The summed E-state index contributed by atoms with van der Waals surface area (Å²) in [6.45, 7) is 9.90. The highest BCUT2D eigenvalue weighted by molar-refractivity contribution is 6.13. The zero-order valence-electron chi connectivity index (χ0n) is 16.7. The second-order valence-electron chi connectivity index (χ2n) is 8.63. The molecular weight excluding hydrogens is 342 g/mol. The summed E-state index contributed by atoms with van der Waals surface area (Å²) in [5, 5.41) is 3.02. The number of nitrogens with zero attached hydrogens (tertiary/aromatic N) is 2. The highest BCUT2D eigenvalue weighted by atomic mass is 16.2. The van der Waals surface area contributed by atoms with Gasteiger partial charge in [-0.1, -0.05) is 39.0 Å². The van der Waals surface area contributed by atoms with Crippen LogP contribution < -0.4 is 5.32 Å². The van der Waals surface area contributed by atoms with Gasteiger partial charge in [0, 0.05) is 38.8 Å². The number of nitrogens with one attached hydrogen (secondary N) is 1. The quantitative estimate of drug-likeness (QED) is 0.830. The highest BCUT2D eigenvalue weighted by Gasteiger charge is 2.58. The average molecular weight is 371 g/mol. The van der Waals surface area contributed by atoms with Crippen molar-refractivity contribution in [1.82, 2.24) is 9.80 Å². The van der Waals surface area contributed by atoms with Crippen LogP contribution in [0.2, 0.25) is 0 Å². The summed E-state index contributed by atoms with van der Waals surface area (Å²) in [6, 6.07) is 7.76. The van der Waals surface area contributed by atoms with Crippen molar-refractivity contribution < 1.29 is 14.4 Å². The van der Waals surface area contributed by atoms with Crippen molar-refractivity contribution in [1.29, 1.82) is 0 Å². The van der Waals surface area contributed by atoms with Gasteiger partial charge in [0.15, 0.2) is 0 Å². The van der Waals surface area contributed by atoms with Crippen molar-refractivity contribution in [2.75, 3.05) is 31.5 Å².